The van der Waals surface area contributed by atoms with E-state index in [9.17, 15) is 23.2 Å². The molecule has 0 aliphatic carbocycles. The van der Waals surface area contributed by atoms with Crippen LogP contribution in [0.1, 0.15) is 11.1 Å². The molecular formula is C21H17F3N6O3. The molecular weight excluding hydrogens is 441 g/mol. The van der Waals surface area contributed by atoms with Gasteiger partial charge in [0.1, 0.15) is 23.7 Å². The predicted octanol–water partition coefficient (Wildman–Crippen LogP) is 4.75. The molecule has 0 bridgehead atoms. The van der Waals surface area contributed by atoms with E-state index in [4.69, 9.17) is 4.84 Å². The summed E-state index contributed by atoms with van der Waals surface area (Å²) in [6, 6.07) is 11.1. The molecule has 0 atom stereocenters. The molecule has 0 fully saturated rings. The average Bonchev–Trinajstić information content (AvgIpc) is 3.13. The highest BCUT2D eigenvalue weighted by atomic mass is 19.4. The van der Waals surface area contributed by atoms with Crippen LogP contribution in [-0.4, -0.2) is 21.1 Å². The van der Waals surface area contributed by atoms with Gasteiger partial charge in [-0.2, -0.15) is 18.2 Å². The van der Waals surface area contributed by atoms with Crippen LogP contribution in [0.5, 0.6) is 0 Å². The zero-order valence-corrected chi connectivity index (χ0v) is 16.8. The first kappa shape index (κ1) is 22.0. The number of nitrogens with one attached hydrogen (secondary N) is 3. The first-order valence-corrected chi connectivity index (χ1v) is 9.49. The summed E-state index contributed by atoms with van der Waals surface area (Å²) in [5, 5.41) is 18.3. The predicted molar refractivity (Wildman–Crippen MR) is 114 cm³/mol. The minimum absolute atomic E-state index is 0.106. The molecule has 3 aromatic rings. The SMILES string of the molecule is C=CC(=O)Nc1cccc(Nc2ncc(C(F)(F)F)c(Nc3ccc4c(c3)N(O)OC4)n2)c1. The number of aromatic nitrogens is 2. The Bertz CT molecular complexity index is 1220. The van der Waals surface area contributed by atoms with E-state index in [2.05, 4.69) is 32.5 Å². The zero-order chi connectivity index (χ0) is 23.6. The van der Waals surface area contributed by atoms with E-state index in [1.165, 1.54) is 6.07 Å². The van der Waals surface area contributed by atoms with Gasteiger partial charge in [0.05, 0.1) is 0 Å². The zero-order valence-electron chi connectivity index (χ0n) is 16.8. The van der Waals surface area contributed by atoms with Gasteiger partial charge in [-0.1, -0.05) is 18.7 Å². The van der Waals surface area contributed by atoms with Crippen molar-refractivity contribution < 1.29 is 28.0 Å². The molecule has 9 nitrogen and oxygen atoms in total. The van der Waals surface area contributed by atoms with Crippen molar-refractivity contribution in [3.8, 4) is 0 Å². The minimum Gasteiger partial charge on any atom is -0.339 e. The fourth-order valence-corrected chi connectivity index (χ4v) is 3.02. The van der Waals surface area contributed by atoms with Crippen molar-refractivity contribution in [1.82, 2.24) is 9.97 Å². The van der Waals surface area contributed by atoms with Crippen LogP contribution in [0.25, 0.3) is 0 Å². The number of halogens is 3. The summed E-state index contributed by atoms with van der Waals surface area (Å²) < 4.78 is 40.6. The molecule has 1 aliphatic rings. The Morgan fingerprint density at radius 3 is 2.67 bits per heavy atom. The monoisotopic (exact) mass is 458 g/mol. The van der Waals surface area contributed by atoms with Crippen LogP contribution < -0.4 is 21.2 Å². The summed E-state index contributed by atoms with van der Waals surface area (Å²) in [6.45, 7) is 3.52. The summed E-state index contributed by atoms with van der Waals surface area (Å²) in [6.07, 6.45) is -2.94. The fourth-order valence-electron chi connectivity index (χ4n) is 3.02. The smallest absolute Gasteiger partial charge is 0.339 e. The van der Waals surface area contributed by atoms with Gasteiger partial charge >= 0.3 is 6.18 Å². The maximum Gasteiger partial charge on any atom is 0.421 e. The number of fused-ring (bicyclic) bond motifs is 1. The lowest BCUT2D eigenvalue weighted by Gasteiger charge is -2.16. The molecule has 1 aromatic heterocycles. The molecule has 1 amide bonds. The van der Waals surface area contributed by atoms with Gasteiger partial charge in [0.2, 0.25) is 11.9 Å². The van der Waals surface area contributed by atoms with E-state index in [0.29, 0.717) is 34.0 Å². The minimum atomic E-state index is -4.71. The topological polar surface area (TPSA) is 112 Å². The second kappa shape index (κ2) is 8.76. The lowest BCUT2D eigenvalue weighted by Crippen LogP contribution is -2.13. The van der Waals surface area contributed by atoms with Crippen molar-refractivity contribution in [2.75, 3.05) is 21.2 Å². The van der Waals surface area contributed by atoms with Crippen LogP contribution in [0.15, 0.2) is 61.3 Å². The maximum absolute atomic E-state index is 13.5. The van der Waals surface area contributed by atoms with Gasteiger partial charge in [-0.3, -0.25) is 10.0 Å². The molecule has 0 saturated carbocycles. The Morgan fingerprint density at radius 1 is 1.15 bits per heavy atom. The van der Waals surface area contributed by atoms with E-state index in [0.717, 1.165) is 6.08 Å². The van der Waals surface area contributed by atoms with Crippen LogP contribution in [0.3, 0.4) is 0 Å². The summed E-state index contributed by atoms with van der Waals surface area (Å²) >= 11 is 0. The lowest BCUT2D eigenvalue weighted by atomic mass is 10.2. The Labute approximate surface area is 185 Å². The molecule has 4 rings (SSSR count). The molecule has 2 aromatic carbocycles. The van der Waals surface area contributed by atoms with E-state index in [-0.39, 0.29) is 18.2 Å². The number of rotatable bonds is 6. The third-order valence-electron chi connectivity index (χ3n) is 4.56. The molecule has 0 radical (unpaired) electrons. The second-order valence-corrected chi connectivity index (χ2v) is 6.87. The largest absolute Gasteiger partial charge is 0.421 e. The Balaban J connectivity index is 1.62. The van der Waals surface area contributed by atoms with Gasteiger partial charge in [-0.25, -0.2) is 9.82 Å². The lowest BCUT2D eigenvalue weighted by molar-refractivity contribution is -0.137. The standard InChI is InChI=1S/C21H17F3N6O3/c1-2-18(31)26-13-4-3-5-14(8-13)28-20-25-10-16(21(22,23)24)19(29-20)27-15-7-6-12-11-33-30(32)17(12)9-15/h2-10,32H,1,11H2,(H,26,31)(H2,25,27,28,29). The highest BCUT2D eigenvalue weighted by Gasteiger charge is 2.35. The number of hydrogen-bond donors (Lipinski definition) is 4. The van der Waals surface area contributed by atoms with Crippen molar-refractivity contribution in [3.05, 3.63) is 72.4 Å². The summed E-state index contributed by atoms with van der Waals surface area (Å²) in [5.41, 5.74) is 1.05. The van der Waals surface area contributed by atoms with Crippen LogP contribution >= 0.6 is 0 Å². The number of hydrogen-bond acceptors (Lipinski definition) is 8. The molecule has 2 heterocycles. The molecule has 1 aliphatic heterocycles. The second-order valence-electron chi connectivity index (χ2n) is 6.87. The Hall–Kier alpha value is -4.16. The molecule has 33 heavy (non-hydrogen) atoms. The van der Waals surface area contributed by atoms with E-state index < -0.39 is 23.5 Å². The molecule has 0 saturated heterocycles. The van der Waals surface area contributed by atoms with Crippen LogP contribution in [-0.2, 0) is 22.4 Å². The van der Waals surface area contributed by atoms with Gasteiger partial charge in [0, 0.05) is 28.8 Å². The average molecular weight is 458 g/mol. The molecule has 12 heteroatoms. The van der Waals surface area contributed by atoms with Gasteiger partial charge in [0.25, 0.3) is 0 Å². The van der Waals surface area contributed by atoms with Crippen molar-refractivity contribution in [1.29, 1.82) is 0 Å². The van der Waals surface area contributed by atoms with Gasteiger partial charge < -0.3 is 16.0 Å². The number of alkyl halides is 3. The molecule has 170 valence electrons. The van der Waals surface area contributed by atoms with Crippen molar-refractivity contribution in [3.63, 3.8) is 0 Å². The molecule has 0 unspecified atom stereocenters. The van der Waals surface area contributed by atoms with Crippen molar-refractivity contribution in [2.24, 2.45) is 0 Å². The van der Waals surface area contributed by atoms with Crippen LogP contribution in [0.4, 0.5) is 47.7 Å². The number of carbonyl (C=O) groups excluding carboxylic acids is 1. The van der Waals surface area contributed by atoms with Crippen molar-refractivity contribution in [2.45, 2.75) is 12.8 Å². The fraction of sp³-hybridized carbons (Fsp3) is 0.0952. The molecule has 4 N–H and O–H groups in total. The number of carbonyl (C=O) groups is 1. The Kier molecular flexibility index (Phi) is 5.85. The summed E-state index contributed by atoms with van der Waals surface area (Å²) in [5.74, 6) is -1.00. The highest BCUT2D eigenvalue weighted by Crippen LogP contribution is 2.37. The maximum atomic E-state index is 13.5. The van der Waals surface area contributed by atoms with Crippen LogP contribution in [0.2, 0.25) is 0 Å². The number of nitrogens with zero attached hydrogens (tertiary/aromatic N) is 3. The number of amides is 1. The number of anilines is 6. The number of benzene rings is 2. The van der Waals surface area contributed by atoms with E-state index in [1.807, 2.05) is 0 Å². The first-order valence-electron chi connectivity index (χ1n) is 9.49. The first-order chi connectivity index (χ1) is 15.7. The van der Waals surface area contributed by atoms with Crippen LogP contribution in [0, 0.1) is 0 Å². The summed E-state index contributed by atoms with van der Waals surface area (Å²) in [7, 11) is 0. The third-order valence-corrected chi connectivity index (χ3v) is 4.56. The third kappa shape index (κ3) is 5.02. The van der Waals surface area contributed by atoms with E-state index in [1.54, 1.807) is 36.4 Å². The highest BCUT2D eigenvalue weighted by molar-refractivity contribution is 5.99. The van der Waals surface area contributed by atoms with Gasteiger partial charge in [0.15, 0.2) is 0 Å². The quantitative estimate of drug-likeness (QED) is 0.392. The summed E-state index contributed by atoms with van der Waals surface area (Å²) in [4.78, 5) is 24.2. The Morgan fingerprint density at radius 2 is 1.91 bits per heavy atom. The normalized spacial score (nSPS) is 12.8. The van der Waals surface area contributed by atoms with E-state index >= 15 is 0 Å². The van der Waals surface area contributed by atoms with Crippen molar-refractivity contribution >= 4 is 40.4 Å². The van der Waals surface area contributed by atoms with Gasteiger partial charge in [-0.15, -0.1) is 5.23 Å². The molecule has 0 spiro atoms. The van der Waals surface area contributed by atoms with Gasteiger partial charge in [-0.05, 0) is 36.4 Å².